The van der Waals surface area contributed by atoms with E-state index >= 15 is 0 Å². The Morgan fingerprint density at radius 1 is 1.42 bits per heavy atom. The van der Waals surface area contributed by atoms with E-state index in [1.54, 1.807) is 6.92 Å². The van der Waals surface area contributed by atoms with Gasteiger partial charge in [0.2, 0.25) is 0 Å². The fourth-order valence-electron chi connectivity index (χ4n) is 2.38. The molecule has 0 N–H and O–H groups in total. The first-order valence-electron chi connectivity index (χ1n) is 6.76. The lowest BCUT2D eigenvalue weighted by Gasteiger charge is -2.25. The molecule has 0 aliphatic heterocycles. The van der Waals surface area contributed by atoms with Gasteiger partial charge in [0.05, 0.1) is 24.9 Å². The van der Waals surface area contributed by atoms with Crippen molar-refractivity contribution in [3.63, 3.8) is 0 Å². The summed E-state index contributed by atoms with van der Waals surface area (Å²) in [7, 11) is 0. The van der Waals surface area contributed by atoms with Crippen LogP contribution in [0, 0.1) is 0 Å². The smallest absolute Gasteiger partial charge is 0.335 e. The molecular weight excluding hydrogens is 240 g/mol. The second-order valence-corrected chi connectivity index (χ2v) is 4.71. The highest BCUT2D eigenvalue weighted by molar-refractivity contribution is 5.87. The van der Waals surface area contributed by atoms with Crippen molar-refractivity contribution < 1.29 is 14.3 Å². The molecule has 1 aromatic rings. The Hall–Kier alpha value is -1.61. The maximum Gasteiger partial charge on any atom is 0.335 e. The third kappa shape index (κ3) is 3.44. The van der Waals surface area contributed by atoms with Crippen LogP contribution in [0.1, 0.15) is 37.0 Å². The molecule has 1 aromatic carbocycles. The summed E-state index contributed by atoms with van der Waals surface area (Å²) in [5.41, 5.74) is 2.97. The fourth-order valence-corrected chi connectivity index (χ4v) is 2.38. The standard InChI is InChI=1S/C16H20O3/c1-3-18-16(17)12(2)11-19-15-10-6-8-13-7-4-5-9-14(13)15/h4-5,7,9,15H,2-3,6,8,10-11H2,1H3. The molecule has 0 fully saturated rings. The highest BCUT2D eigenvalue weighted by Crippen LogP contribution is 2.32. The number of hydrogen-bond donors (Lipinski definition) is 0. The topological polar surface area (TPSA) is 35.5 Å². The lowest BCUT2D eigenvalue weighted by molar-refractivity contribution is -0.139. The van der Waals surface area contributed by atoms with E-state index in [2.05, 4.69) is 24.8 Å². The number of fused-ring (bicyclic) bond motifs is 1. The van der Waals surface area contributed by atoms with Crippen LogP contribution in [-0.4, -0.2) is 19.2 Å². The molecule has 1 unspecified atom stereocenters. The molecule has 0 radical (unpaired) electrons. The van der Waals surface area contributed by atoms with E-state index in [9.17, 15) is 4.79 Å². The fraction of sp³-hybridized carbons (Fsp3) is 0.438. The second kappa shape index (κ2) is 6.53. The summed E-state index contributed by atoms with van der Waals surface area (Å²) in [4.78, 5) is 11.5. The number of carbonyl (C=O) groups excluding carboxylic acids is 1. The molecule has 0 heterocycles. The molecule has 0 spiro atoms. The van der Waals surface area contributed by atoms with Crippen molar-refractivity contribution in [3.8, 4) is 0 Å². The first-order valence-corrected chi connectivity index (χ1v) is 6.76. The molecule has 3 nitrogen and oxygen atoms in total. The zero-order valence-electron chi connectivity index (χ0n) is 11.4. The summed E-state index contributed by atoms with van der Waals surface area (Å²) in [6.45, 7) is 6.09. The molecule has 0 amide bonds. The Morgan fingerprint density at radius 3 is 3.00 bits per heavy atom. The van der Waals surface area contributed by atoms with Crippen molar-refractivity contribution in [2.24, 2.45) is 0 Å². The number of rotatable bonds is 5. The zero-order valence-corrected chi connectivity index (χ0v) is 11.4. The van der Waals surface area contributed by atoms with Gasteiger partial charge < -0.3 is 9.47 Å². The van der Waals surface area contributed by atoms with Crippen molar-refractivity contribution in [1.29, 1.82) is 0 Å². The lowest BCUT2D eigenvalue weighted by Crippen LogP contribution is -2.17. The molecular formula is C16H20O3. The van der Waals surface area contributed by atoms with Crippen LogP contribution in [0.15, 0.2) is 36.4 Å². The third-order valence-electron chi connectivity index (χ3n) is 3.34. The Labute approximate surface area is 114 Å². The van der Waals surface area contributed by atoms with Gasteiger partial charge in [-0.3, -0.25) is 0 Å². The maximum atomic E-state index is 11.5. The highest BCUT2D eigenvalue weighted by atomic mass is 16.5. The Balaban J connectivity index is 1.94. The van der Waals surface area contributed by atoms with Crippen LogP contribution in [0.2, 0.25) is 0 Å². The van der Waals surface area contributed by atoms with Gasteiger partial charge >= 0.3 is 5.97 Å². The average Bonchev–Trinajstić information content (AvgIpc) is 2.45. The number of benzene rings is 1. The molecule has 1 atom stereocenters. The molecule has 0 bridgehead atoms. The van der Waals surface area contributed by atoms with Crippen molar-refractivity contribution >= 4 is 5.97 Å². The van der Waals surface area contributed by atoms with Crippen LogP contribution in [0.5, 0.6) is 0 Å². The summed E-state index contributed by atoms with van der Waals surface area (Å²) in [6.07, 6.45) is 3.28. The van der Waals surface area contributed by atoms with Gasteiger partial charge in [-0.1, -0.05) is 30.8 Å². The van der Waals surface area contributed by atoms with E-state index in [-0.39, 0.29) is 18.7 Å². The molecule has 19 heavy (non-hydrogen) atoms. The van der Waals surface area contributed by atoms with Gasteiger partial charge in [0.25, 0.3) is 0 Å². The minimum Gasteiger partial charge on any atom is -0.463 e. The Morgan fingerprint density at radius 2 is 2.21 bits per heavy atom. The van der Waals surface area contributed by atoms with Gasteiger partial charge in [-0.15, -0.1) is 0 Å². The van der Waals surface area contributed by atoms with E-state index in [1.165, 1.54) is 11.1 Å². The van der Waals surface area contributed by atoms with Gasteiger partial charge in [-0.05, 0) is 37.3 Å². The quantitative estimate of drug-likeness (QED) is 0.602. The van der Waals surface area contributed by atoms with Crippen LogP contribution in [0.25, 0.3) is 0 Å². The molecule has 0 saturated carbocycles. The molecule has 0 aromatic heterocycles. The molecule has 2 rings (SSSR count). The van der Waals surface area contributed by atoms with Crippen LogP contribution >= 0.6 is 0 Å². The Kier molecular flexibility index (Phi) is 4.74. The summed E-state index contributed by atoms with van der Waals surface area (Å²) >= 11 is 0. The van der Waals surface area contributed by atoms with E-state index in [0.29, 0.717) is 12.2 Å². The monoisotopic (exact) mass is 260 g/mol. The average molecular weight is 260 g/mol. The van der Waals surface area contributed by atoms with Gasteiger partial charge in [-0.25, -0.2) is 4.79 Å². The SMILES string of the molecule is C=C(COC1CCCc2ccccc21)C(=O)OCC. The number of ether oxygens (including phenoxy) is 2. The number of aryl methyl sites for hydroxylation is 1. The molecule has 0 saturated heterocycles. The molecule has 3 heteroatoms. The van der Waals surface area contributed by atoms with Crippen LogP contribution in [-0.2, 0) is 20.7 Å². The van der Waals surface area contributed by atoms with Crippen molar-refractivity contribution in [1.82, 2.24) is 0 Å². The summed E-state index contributed by atoms with van der Waals surface area (Å²) in [5.74, 6) is -0.369. The molecule has 1 aliphatic rings. The van der Waals surface area contributed by atoms with Gasteiger partial charge in [0, 0.05) is 0 Å². The zero-order chi connectivity index (χ0) is 13.7. The summed E-state index contributed by atoms with van der Waals surface area (Å²) in [6, 6.07) is 8.33. The minimum atomic E-state index is -0.369. The first-order chi connectivity index (χ1) is 9.22. The molecule has 102 valence electrons. The van der Waals surface area contributed by atoms with Gasteiger partial charge in [0.1, 0.15) is 0 Å². The maximum absolute atomic E-state index is 11.5. The van der Waals surface area contributed by atoms with Crippen molar-refractivity contribution in [2.75, 3.05) is 13.2 Å². The molecule has 1 aliphatic carbocycles. The first kappa shape index (κ1) is 13.8. The van der Waals surface area contributed by atoms with Gasteiger partial charge in [0.15, 0.2) is 0 Å². The van der Waals surface area contributed by atoms with Crippen LogP contribution in [0.4, 0.5) is 0 Å². The van der Waals surface area contributed by atoms with Crippen LogP contribution < -0.4 is 0 Å². The predicted octanol–water partition coefficient (Wildman–Crippen LogP) is 3.20. The van der Waals surface area contributed by atoms with E-state index < -0.39 is 0 Å². The van der Waals surface area contributed by atoms with E-state index in [0.717, 1.165) is 19.3 Å². The second-order valence-electron chi connectivity index (χ2n) is 4.71. The van der Waals surface area contributed by atoms with Crippen molar-refractivity contribution in [3.05, 3.63) is 47.5 Å². The number of esters is 1. The van der Waals surface area contributed by atoms with E-state index in [1.807, 2.05) is 6.07 Å². The van der Waals surface area contributed by atoms with Crippen molar-refractivity contribution in [2.45, 2.75) is 32.3 Å². The highest BCUT2D eigenvalue weighted by Gasteiger charge is 2.21. The summed E-state index contributed by atoms with van der Waals surface area (Å²) < 4.78 is 10.7. The predicted molar refractivity (Wildman–Crippen MR) is 73.8 cm³/mol. The Bertz CT molecular complexity index is 465. The minimum absolute atomic E-state index is 0.0659. The lowest BCUT2D eigenvalue weighted by atomic mass is 9.89. The summed E-state index contributed by atoms with van der Waals surface area (Å²) in [5, 5.41) is 0. The largest absolute Gasteiger partial charge is 0.463 e. The normalized spacial score (nSPS) is 17.6. The number of carbonyl (C=O) groups is 1. The van der Waals surface area contributed by atoms with Crippen LogP contribution in [0.3, 0.4) is 0 Å². The van der Waals surface area contributed by atoms with E-state index in [4.69, 9.17) is 9.47 Å². The van der Waals surface area contributed by atoms with Gasteiger partial charge in [-0.2, -0.15) is 0 Å². The number of hydrogen-bond acceptors (Lipinski definition) is 3. The third-order valence-corrected chi connectivity index (χ3v) is 3.34.